The number of hydrogen-bond acceptors (Lipinski definition) is 3. The monoisotopic (exact) mass is 295 g/mol. The number of ether oxygens (including phenoxy) is 1. The van der Waals surface area contributed by atoms with Crippen LogP contribution in [-0.2, 0) is 6.42 Å². The molecule has 1 aromatic rings. The van der Waals surface area contributed by atoms with Crippen molar-refractivity contribution in [1.29, 1.82) is 0 Å². The fourth-order valence-electron chi connectivity index (χ4n) is 2.92. The first-order valence-corrected chi connectivity index (χ1v) is 7.37. The summed E-state index contributed by atoms with van der Waals surface area (Å²) in [5.74, 6) is -0.656. The Morgan fingerprint density at radius 2 is 2.24 bits per heavy atom. The molecule has 1 aliphatic rings. The zero-order chi connectivity index (χ0) is 15.6. The fraction of sp³-hybridized carbons (Fsp3) is 0.562. The van der Waals surface area contributed by atoms with E-state index in [4.69, 9.17) is 4.74 Å². The molecule has 1 N–H and O–H groups in total. The van der Waals surface area contributed by atoms with E-state index in [1.54, 1.807) is 18.2 Å². The van der Waals surface area contributed by atoms with Gasteiger partial charge in [-0.25, -0.2) is 9.18 Å². The molecule has 4 nitrogen and oxygen atoms in total. The summed E-state index contributed by atoms with van der Waals surface area (Å²) in [6.45, 7) is 6.83. The largest absolute Gasteiger partial charge is 0.478 e. The number of rotatable bonds is 5. The standard InChI is InChI=1S/C16H22FNO3/c1-4-8-18(10(2)3)13-9-12-11(16(19)20)6-5-7-14(12)21-15(13)17/h5-7,10,13,15H,4,8-9H2,1-3H3,(H,19,20)/t13?,15-/m0/s1. The van der Waals surface area contributed by atoms with E-state index in [9.17, 15) is 14.3 Å². The first kappa shape index (κ1) is 15.8. The number of carboxylic acids is 1. The normalized spacial score (nSPS) is 21.2. The van der Waals surface area contributed by atoms with E-state index in [-0.39, 0.29) is 11.6 Å². The molecule has 0 spiro atoms. The topological polar surface area (TPSA) is 49.8 Å². The summed E-state index contributed by atoms with van der Waals surface area (Å²) in [6, 6.07) is 4.49. The molecule has 1 aromatic carbocycles. The van der Waals surface area contributed by atoms with Crippen LogP contribution in [0.1, 0.15) is 43.1 Å². The van der Waals surface area contributed by atoms with E-state index >= 15 is 0 Å². The number of halogens is 1. The van der Waals surface area contributed by atoms with Crippen LogP contribution in [0.4, 0.5) is 4.39 Å². The van der Waals surface area contributed by atoms with Gasteiger partial charge in [0.15, 0.2) is 0 Å². The highest BCUT2D eigenvalue weighted by atomic mass is 19.1. The molecular formula is C16H22FNO3. The van der Waals surface area contributed by atoms with Gasteiger partial charge in [-0.1, -0.05) is 13.0 Å². The van der Waals surface area contributed by atoms with Crippen molar-refractivity contribution in [2.45, 2.75) is 52.1 Å². The molecule has 0 saturated carbocycles. The quantitative estimate of drug-likeness (QED) is 0.907. The molecule has 1 heterocycles. The van der Waals surface area contributed by atoms with Gasteiger partial charge in [-0.2, -0.15) is 0 Å². The number of carbonyl (C=O) groups is 1. The summed E-state index contributed by atoms with van der Waals surface area (Å²) < 4.78 is 19.7. The second-order valence-corrected chi connectivity index (χ2v) is 5.66. The van der Waals surface area contributed by atoms with E-state index < -0.39 is 18.4 Å². The van der Waals surface area contributed by atoms with Crippen LogP contribution >= 0.6 is 0 Å². The summed E-state index contributed by atoms with van der Waals surface area (Å²) in [7, 11) is 0. The summed E-state index contributed by atoms with van der Waals surface area (Å²) in [5.41, 5.74) is 0.787. The predicted molar refractivity (Wildman–Crippen MR) is 78.6 cm³/mol. The lowest BCUT2D eigenvalue weighted by atomic mass is 9.95. The molecule has 1 unspecified atom stereocenters. The third kappa shape index (κ3) is 3.18. The van der Waals surface area contributed by atoms with Gasteiger partial charge in [-0.3, -0.25) is 4.90 Å². The van der Waals surface area contributed by atoms with Crippen molar-refractivity contribution in [2.75, 3.05) is 6.54 Å². The Kier molecular flexibility index (Phi) is 4.83. The Balaban J connectivity index is 2.35. The second kappa shape index (κ2) is 6.43. The molecule has 0 amide bonds. The number of fused-ring (bicyclic) bond motifs is 1. The van der Waals surface area contributed by atoms with Crippen molar-refractivity contribution < 1.29 is 19.0 Å². The van der Waals surface area contributed by atoms with Crippen LogP contribution in [-0.4, -0.2) is 41.0 Å². The molecule has 116 valence electrons. The molecule has 21 heavy (non-hydrogen) atoms. The summed E-state index contributed by atoms with van der Waals surface area (Å²) in [6.07, 6.45) is -0.165. The Morgan fingerprint density at radius 3 is 2.81 bits per heavy atom. The summed E-state index contributed by atoms with van der Waals surface area (Å²) in [5, 5.41) is 9.28. The maximum atomic E-state index is 14.4. The lowest BCUT2D eigenvalue weighted by Gasteiger charge is -2.39. The van der Waals surface area contributed by atoms with Gasteiger partial charge in [0.05, 0.1) is 11.6 Å². The minimum Gasteiger partial charge on any atom is -0.478 e. The minimum atomic E-state index is -1.43. The van der Waals surface area contributed by atoms with Crippen LogP contribution in [0.3, 0.4) is 0 Å². The average Bonchev–Trinajstić information content (AvgIpc) is 2.43. The van der Waals surface area contributed by atoms with Crippen molar-refractivity contribution in [3.05, 3.63) is 29.3 Å². The summed E-state index contributed by atoms with van der Waals surface area (Å²) >= 11 is 0. The Labute approximate surface area is 124 Å². The molecule has 2 atom stereocenters. The van der Waals surface area contributed by atoms with Crippen molar-refractivity contribution in [3.63, 3.8) is 0 Å². The van der Waals surface area contributed by atoms with Crippen LogP contribution in [0.15, 0.2) is 18.2 Å². The molecule has 0 radical (unpaired) electrons. The number of alkyl halides is 1. The van der Waals surface area contributed by atoms with Gasteiger partial charge < -0.3 is 9.84 Å². The molecule has 0 fully saturated rings. The van der Waals surface area contributed by atoms with E-state index in [2.05, 4.69) is 0 Å². The maximum absolute atomic E-state index is 14.4. The minimum absolute atomic E-state index is 0.176. The molecule has 0 aromatic heterocycles. The van der Waals surface area contributed by atoms with Crippen molar-refractivity contribution in [3.8, 4) is 5.75 Å². The Hall–Kier alpha value is -1.62. The van der Waals surface area contributed by atoms with Crippen molar-refractivity contribution >= 4 is 5.97 Å². The van der Waals surface area contributed by atoms with E-state index in [1.165, 1.54) is 0 Å². The molecule has 1 aliphatic heterocycles. The molecule has 2 rings (SSSR count). The summed E-state index contributed by atoms with van der Waals surface area (Å²) in [4.78, 5) is 13.4. The van der Waals surface area contributed by atoms with Gasteiger partial charge in [0.1, 0.15) is 5.75 Å². The fourth-order valence-corrected chi connectivity index (χ4v) is 2.92. The smallest absolute Gasteiger partial charge is 0.336 e. The lowest BCUT2D eigenvalue weighted by Crippen LogP contribution is -2.51. The second-order valence-electron chi connectivity index (χ2n) is 5.66. The zero-order valence-electron chi connectivity index (χ0n) is 12.7. The van der Waals surface area contributed by atoms with E-state index in [0.29, 0.717) is 17.7 Å². The first-order chi connectivity index (χ1) is 9.95. The number of carboxylic acid groups (broad SMARTS) is 1. The number of benzene rings is 1. The maximum Gasteiger partial charge on any atom is 0.336 e. The van der Waals surface area contributed by atoms with Crippen LogP contribution in [0.2, 0.25) is 0 Å². The van der Waals surface area contributed by atoms with Crippen LogP contribution in [0.25, 0.3) is 0 Å². The van der Waals surface area contributed by atoms with Crippen molar-refractivity contribution in [1.82, 2.24) is 4.90 Å². The third-order valence-corrected chi connectivity index (χ3v) is 3.89. The third-order valence-electron chi connectivity index (χ3n) is 3.89. The van der Waals surface area contributed by atoms with Gasteiger partial charge in [0, 0.05) is 11.6 Å². The highest BCUT2D eigenvalue weighted by Gasteiger charge is 2.36. The number of hydrogen-bond donors (Lipinski definition) is 1. The lowest BCUT2D eigenvalue weighted by molar-refractivity contribution is -0.0432. The first-order valence-electron chi connectivity index (χ1n) is 7.37. The molecule has 0 aliphatic carbocycles. The average molecular weight is 295 g/mol. The number of nitrogens with zero attached hydrogens (tertiary/aromatic N) is 1. The SMILES string of the molecule is CCCN(C(C)C)C1Cc2c(cccc2C(=O)O)O[C@@H]1F. The van der Waals surface area contributed by atoms with Crippen molar-refractivity contribution in [2.24, 2.45) is 0 Å². The Morgan fingerprint density at radius 1 is 1.52 bits per heavy atom. The van der Waals surface area contributed by atoms with E-state index in [1.807, 2.05) is 25.7 Å². The zero-order valence-corrected chi connectivity index (χ0v) is 12.7. The highest BCUT2D eigenvalue weighted by molar-refractivity contribution is 5.90. The highest BCUT2D eigenvalue weighted by Crippen LogP contribution is 2.33. The van der Waals surface area contributed by atoms with Crippen LogP contribution in [0, 0.1) is 0 Å². The molecule has 0 bridgehead atoms. The Bertz CT molecular complexity index is 518. The molecular weight excluding hydrogens is 273 g/mol. The predicted octanol–water partition coefficient (Wildman–Crippen LogP) is 3.10. The number of aromatic carboxylic acids is 1. The van der Waals surface area contributed by atoms with Crippen LogP contribution < -0.4 is 4.74 Å². The van der Waals surface area contributed by atoms with Crippen LogP contribution in [0.5, 0.6) is 5.75 Å². The van der Waals surface area contributed by atoms with E-state index in [0.717, 1.165) is 13.0 Å². The van der Waals surface area contributed by atoms with Gasteiger partial charge in [-0.15, -0.1) is 0 Å². The van der Waals surface area contributed by atoms with Gasteiger partial charge in [-0.05, 0) is 45.4 Å². The van der Waals surface area contributed by atoms with Gasteiger partial charge in [0.2, 0.25) is 0 Å². The molecule has 0 saturated heterocycles. The molecule has 5 heteroatoms. The van der Waals surface area contributed by atoms with Gasteiger partial charge in [0.25, 0.3) is 6.36 Å². The van der Waals surface area contributed by atoms with Gasteiger partial charge >= 0.3 is 5.97 Å².